The molecule has 0 amide bonds. The van der Waals surface area contributed by atoms with E-state index in [2.05, 4.69) is 26.1 Å². The van der Waals surface area contributed by atoms with Gasteiger partial charge in [0.1, 0.15) is 0 Å². The second kappa shape index (κ2) is 5.13. The third-order valence-electron chi connectivity index (χ3n) is 3.87. The van der Waals surface area contributed by atoms with Crippen LogP contribution in [0.25, 0.3) is 0 Å². The van der Waals surface area contributed by atoms with Gasteiger partial charge in [-0.25, -0.2) is 0 Å². The summed E-state index contributed by atoms with van der Waals surface area (Å²) in [6.45, 7) is 6.99. The van der Waals surface area contributed by atoms with Crippen molar-refractivity contribution in [2.24, 2.45) is 5.41 Å². The van der Waals surface area contributed by atoms with Crippen LogP contribution in [0.15, 0.2) is 0 Å². The molecule has 1 fully saturated rings. The van der Waals surface area contributed by atoms with Crippen LogP contribution in [0.2, 0.25) is 0 Å². The first-order valence-corrected chi connectivity index (χ1v) is 6.03. The third kappa shape index (κ3) is 2.48. The Kier molecular flexibility index (Phi) is 4.39. The van der Waals surface area contributed by atoms with Gasteiger partial charge in [-0.2, -0.15) is 0 Å². The normalized spacial score (nSPS) is 32.8. The maximum atomic E-state index is 9.41. The van der Waals surface area contributed by atoms with Gasteiger partial charge in [0.2, 0.25) is 0 Å². The predicted molar refractivity (Wildman–Crippen MR) is 60.3 cm³/mol. The summed E-state index contributed by atoms with van der Waals surface area (Å²) in [7, 11) is 0. The minimum Gasteiger partial charge on any atom is -0.396 e. The van der Waals surface area contributed by atoms with Crippen molar-refractivity contribution in [2.75, 3.05) is 6.61 Å². The van der Waals surface area contributed by atoms with E-state index >= 15 is 0 Å². The lowest BCUT2D eigenvalue weighted by Gasteiger charge is -2.33. The molecular formula is C12H25NO. The quantitative estimate of drug-likeness (QED) is 0.712. The van der Waals surface area contributed by atoms with E-state index in [9.17, 15) is 5.11 Å². The molecule has 0 aliphatic heterocycles. The van der Waals surface area contributed by atoms with Gasteiger partial charge in [0.15, 0.2) is 0 Å². The van der Waals surface area contributed by atoms with Gasteiger partial charge in [0.05, 0.1) is 0 Å². The molecule has 0 aromatic carbocycles. The fraction of sp³-hybridized carbons (Fsp3) is 1.00. The number of hydrogen-bond donors (Lipinski definition) is 2. The van der Waals surface area contributed by atoms with Crippen LogP contribution in [0.1, 0.15) is 52.9 Å². The Morgan fingerprint density at radius 1 is 1.43 bits per heavy atom. The van der Waals surface area contributed by atoms with Gasteiger partial charge in [-0.05, 0) is 25.7 Å². The Labute approximate surface area is 88.1 Å². The zero-order chi connectivity index (χ0) is 10.6. The summed E-state index contributed by atoms with van der Waals surface area (Å²) in [5.41, 5.74) is 0.128. The van der Waals surface area contributed by atoms with Gasteiger partial charge in [-0.1, -0.05) is 27.2 Å². The van der Waals surface area contributed by atoms with Crippen molar-refractivity contribution in [3.63, 3.8) is 0 Å². The molecular weight excluding hydrogens is 174 g/mol. The van der Waals surface area contributed by atoms with E-state index < -0.39 is 0 Å². The SMILES string of the molecule is CCC(CC)NC1CCCC1(C)CO. The number of rotatable bonds is 5. The van der Waals surface area contributed by atoms with E-state index in [1.165, 1.54) is 32.1 Å². The van der Waals surface area contributed by atoms with Crippen LogP contribution >= 0.6 is 0 Å². The van der Waals surface area contributed by atoms with Crippen LogP contribution in [0.3, 0.4) is 0 Å². The molecule has 2 atom stereocenters. The molecule has 2 heteroatoms. The van der Waals surface area contributed by atoms with Gasteiger partial charge in [0, 0.05) is 24.1 Å². The minimum atomic E-state index is 0.128. The lowest BCUT2D eigenvalue weighted by Crippen LogP contribution is -2.46. The molecule has 1 saturated carbocycles. The van der Waals surface area contributed by atoms with Gasteiger partial charge < -0.3 is 10.4 Å². The lowest BCUT2D eigenvalue weighted by molar-refractivity contribution is 0.112. The molecule has 1 rings (SSSR count). The minimum absolute atomic E-state index is 0.128. The van der Waals surface area contributed by atoms with Crippen LogP contribution in [-0.2, 0) is 0 Å². The topological polar surface area (TPSA) is 32.3 Å². The van der Waals surface area contributed by atoms with Crippen molar-refractivity contribution in [1.82, 2.24) is 5.32 Å². The average Bonchev–Trinajstić information content (AvgIpc) is 2.57. The Morgan fingerprint density at radius 2 is 2.07 bits per heavy atom. The second-order valence-corrected chi connectivity index (χ2v) is 4.94. The van der Waals surface area contributed by atoms with Crippen LogP contribution < -0.4 is 5.32 Å². The fourth-order valence-electron chi connectivity index (χ4n) is 2.52. The van der Waals surface area contributed by atoms with Crippen molar-refractivity contribution < 1.29 is 5.11 Å². The predicted octanol–water partition coefficient (Wildman–Crippen LogP) is 2.32. The molecule has 0 bridgehead atoms. The maximum Gasteiger partial charge on any atom is 0.0499 e. The number of nitrogens with one attached hydrogen (secondary N) is 1. The highest BCUT2D eigenvalue weighted by Crippen LogP contribution is 2.37. The monoisotopic (exact) mass is 199 g/mol. The third-order valence-corrected chi connectivity index (χ3v) is 3.87. The van der Waals surface area contributed by atoms with E-state index in [1.54, 1.807) is 0 Å². The summed E-state index contributed by atoms with van der Waals surface area (Å²) in [6, 6.07) is 1.15. The molecule has 0 aromatic rings. The zero-order valence-electron chi connectivity index (χ0n) is 9.84. The average molecular weight is 199 g/mol. The Bertz CT molecular complexity index is 168. The van der Waals surface area contributed by atoms with E-state index in [0.717, 1.165) is 0 Å². The Hall–Kier alpha value is -0.0800. The first-order chi connectivity index (χ1) is 6.66. The molecule has 2 nitrogen and oxygen atoms in total. The molecule has 1 aliphatic carbocycles. The van der Waals surface area contributed by atoms with E-state index in [0.29, 0.717) is 18.7 Å². The highest BCUT2D eigenvalue weighted by Gasteiger charge is 2.38. The lowest BCUT2D eigenvalue weighted by atomic mass is 9.85. The first-order valence-electron chi connectivity index (χ1n) is 6.03. The van der Waals surface area contributed by atoms with E-state index in [-0.39, 0.29) is 5.41 Å². The smallest absolute Gasteiger partial charge is 0.0499 e. The van der Waals surface area contributed by atoms with Gasteiger partial charge in [0.25, 0.3) is 0 Å². The standard InChI is InChI=1S/C12H25NO/c1-4-10(5-2)13-11-7-6-8-12(11,3)9-14/h10-11,13-14H,4-9H2,1-3H3. The maximum absolute atomic E-state index is 9.41. The Morgan fingerprint density at radius 3 is 2.57 bits per heavy atom. The molecule has 2 unspecified atom stereocenters. The summed E-state index contributed by atoms with van der Waals surface area (Å²) in [4.78, 5) is 0. The zero-order valence-corrected chi connectivity index (χ0v) is 9.84. The molecule has 0 heterocycles. The van der Waals surface area contributed by atoms with Crippen LogP contribution in [0.5, 0.6) is 0 Å². The van der Waals surface area contributed by atoms with Crippen molar-refractivity contribution >= 4 is 0 Å². The first kappa shape index (κ1) is 12.0. The molecule has 0 saturated heterocycles. The summed E-state index contributed by atoms with van der Waals surface area (Å²) < 4.78 is 0. The molecule has 84 valence electrons. The van der Waals surface area contributed by atoms with Crippen LogP contribution in [0, 0.1) is 5.41 Å². The van der Waals surface area contributed by atoms with Crippen molar-refractivity contribution in [2.45, 2.75) is 65.0 Å². The summed E-state index contributed by atoms with van der Waals surface area (Å²) in [5.74, 6) is 0. The fourth-order valence-corrected chi connectivity index (χ4v) is 2.52. The molecule has 0 radical (unpaired) electrons. The molecule has 2 N–H and O–H groups in total. The summed E-state index contributed by atoms with van der Waals surface area (Å²) in [5, 5.41) is 13.1. The van der Waals surface area contributed by atoms with Crippen molar-refractivity contribution in [3.05, 3.63) is 0 Å². The summed E-state index contributed by atoms with van der Waals surface area (Å²) >= 11 is 0. The number of aliphatic hydroxyl groups excluding tert-OH is 1. The molecule has 0 aromatic heterocycles. The summed E-state index contributed by atoms with van der Waals surface area (Å²) in [6.07, 6.45) is 6.03. The van der Waals surface area contributed by atoms with E-state index in [1.807, 2.05) is 0 Å². The second-order valence-electron chi connectivity index (χ2n) is 4.94. The number of aliphatic hydroxyl groups is 1. The van der Waals surface area contributed by atoms with Gasteiger partial charge in [-0.3, -0.25) is 0 Å². The highest BCUT2D eigenvalue weighted by atomic mass is 16.3. The van der Waals surface area contributed by atoms with Gasteiger partial charge in [-0.15, -0.1) is 0 Å². The molecule has 1 aliphatic rings. The largest absolute Gasteiger partial charge is 0.396 e. The van der Waals surface area contributed by atoms with Crippen LogP contribution in [0.4, 0.5) is 0 Å². The molecule has 14 heavy (non-hydrogen) atoms. The Balaban J connectivity index is 2.50. The van der Waals surface area contributed by atoms with Crippen LogP contribution in [-0.4, -0.2) is 23.8 Å². The molecule has 0 spiro atoms. The number of hydrogen-bond acceptors (Lipinski definition) is 2. The van der Waals surface area contributed by atoms with Crippen molar-refractivity contribution in [3.8, 4) is 0 Å². The van der Waals surface area contributed by atoms with Crippen molar-refractivity contribution in [1.29, 1.82) is 0 Å². The highest BCUT2D eigenvalue weighted by molar-refractivity contribution is 4.94. The van der Waals surface area contributed by atoms with E-state index in [4.69, 9.17) is 0 Å². The van der Waals surface area contributed by atoms with Gasteiger partial charge >= 0.3 is 0 Å².